The highest BCUT2D eigenvalue weighted by molar-refractivity contribution is 5.47. The van der Waals surface area contributed by atoms with Crippen molar-refractivity contribution < 1.29 is 4.74 Å². The van der Waals surface area contributed by atoms with Crippen molar-refractivity contribution >= 4 is 5.69 Å². The number of hydrogen-bond acceptors (Lipinski definition) is 3. The number of aromatic nitrogens is 1. The van der Waals surface area contributed by atoms with Crippen molar-refractivity contribution in [3.63, 3.8) is 0 Å². The number of ether oxygens (including phenoxy) is 1. The number of nitrogens with two attached hydrogens (primary N) is 1. The lowest BCUT2D eigenvalue weighted by atomic mass is 10.3. The summed E-state index contributed by atoms with van der Waals surface area (Å²) in [6, 6.07) is 1.79. The molecule has 1 aliphatic rings. The Morgan fingerprint density at radius 2 is 2.38 bits per heavy atom. The first kappa shape index (κ1) is 8.35. The summed E-state index contributed by atoms with van der Waals surface area (Å²) >= 11 is 0. The van der Waals surface area contributed by atoms with Crippen LogP contribution in [-0.2, 0) is 0 Å². The molecule has 0 aliphatic heterocycles. The van der Waals surface area contributed by atoms with Gasteiger partial charge >= 0.3 is 0 Å². The van der Waals surface area contributed by atoms with Crippen molar-refractivity contribution in [2.45, 2.75) is 19.8 Å². The van der Waals surface area contributed by atoms with E-state index in [4.69, 9.17) is 10.5 Å². The molecule has 0 saturated heterocycles. The van der Waals surface area contributed by atoms with E-state index in [0.717, 1.165) is 23.8 Å². The van der Waals surface area contributed by atoms with Gasteiger partial charge in [0.05, 0.1) is 6.61 Å². The van der Waals surface area contributed by atoms with Crippen molar-refractivity contribution in [2.24, 2.45) is 5.92 Å². The second-order valence-electron chi connectivity index (χ2n) is 3.63. The van der Waals surface area contributed by atoms with E-state index in [2.05, 4.69) is 4.98 Å². The molecule has 0 bridgehead atoms. The fourth-order valence-corrected chi connectivity index (χ4v) is 1.09. The van der Waals surface area contributed by atoms with Gasteiger partial charge in [-0.15, -0.1) is 0 Å². The lowest BCUT2D eigenvalue weighted by molar-refractivity contribution is 0.288. The number of hydrogen-bond donors (Lipinski definition) is 1. The smallest absolute Gasteiger partial charge is 0.215 e. The molecular weight excluding hydrogens is 164 g/mol. The van der Waals surface area contributed by atoms with Crippen LogP contribution < -0.4 is 10.5 Å². The Morgan fingerprint density at radius 3 is 3.00 bits per heavy atom. The van der Waals surface area contributed by atoms with Crippen molar-refractivity contribution in [1.82, 2.24) is 4.98 Å². The second-order valence-corrected chi connectivity index (χ2v) is 3.63. The average molecular weight is 178 g/mol. The zero-order chi connectivity index (χ0) is 9.26. The molecule has 3 heteroatoms. The van der Waals surface area contributed by atoms with E-state index < -0.39 is 0 Å². The van der Waals surface area contributed by atoms with Gasteiger partial charge < -0.3 is 10.5 Å². The van der Waals surface area contributed by atoms with Crippen molar-refractivity contribution in [2.75, 3.05) is 12.3 Å². The topological polar surface area (TPSA) is 48.1 Å². The summed E-state index contributed by atoms with van der Waals surface area (Å²) in [5.74, 6) is 1.40. The van der Waals surface area contributed by atoms with Gasteiger partial charge in [0, 0.05) is 18.0 Å². The maximum atomic E-state index is 5.72. The van der Waals surface area contributed by atoms with Gasteiger partial charge in [-0.25, -0.2) is 4.98 Å². The standard InChI is InChI=1S/C10H14N2O/c1-7-5-12-10(4-9(7)11)13-6-8-2-3-8/h4-5,8H,2-3,6H2,1H3,(H2,11,12). The molecule has 3 nitrogen and oxygen atoms in total. The average Bonchev–Trinajstić information content (AvgIpc) is 2.91. The molecule has 70 valence electrons. The third-order valence-corrected chi connectivity index (χ3v) is 2.28. The van der Waals surface area contributed by atoms with Crippen molar-refractivity contribution in [1.29, 1.82) is 0 Å². The molecule has 0 unspecified atom stereocenters. The summed E-state index contributed by atoms with van der Waals surface area (Å²) in [7, 11) is 0. The van der Waals surface area contributed by atoms with Gasteiger partial charge in [0.15, 0.2) is 0 Å². The largest absolute Gasteiger partial charge is 0.477 e. The van der Waals surface area contributed by atoms with Crippen molar-refractivity contribution in [3.05, 3.63) is 17.8 Å². The molecule has 2 rings (SSSR count). The molecular formula is C10H14N2O. The molecule has 0 spiro atoms. The van der Waals surface area contributed by atoms with E-state index >= 15 is 0 Å². The zero-order valence-electron chi connectivity index (χ0n) is 7.79. The van der Waals surface area contributed by atoms with E-state index in [1.54, 1.807) is 12.3 Å². The second kappa shape index (κ2) is 3.24. The van der Waals surface area contributed by atoms with Crippen molar-refractivity contribution in [3.8, 4) is 5.88 Å². The molecule has 0 radical (unpaired) electrons. The number of aryl methyl sites for hydroxylation is 1. The Hall–Kier alpha value is -1.25. The Balaban J connectivity index is 1.98. The quantitative estimate of drug-likeness (QED) is 0.767. The summed E-state index contributed by atoms with van der Waals surface area (Å²) < 4.78 is 5.47. The molecule has 0 atom stereocenters. The van der Waals surface area contributed by atoms with E-state index in [1.807, 2.05) is 6.92 Å². The van der Waals surface area contributed by atoms with E-state index in [0.29, 0.717) is 5.88 Å². The van der Waals surface area contributed by atoms with Gasteiger partial charge in [0.1, 0.15) is 0 Å². The van der Waals surface area contributed by atoms with Gasteiger partial charge in [-0.05, 0) is 31.2 Å². The molecule has 0 amide bonds. The minimum Gasteiger partial charge on any atom is -0.477 e. The van der Waals surface area contributed by atoms with Crippen LogP contribution in [0.4, 0.5) is 5.69 Å². The molecule has 1 heterocycles. The highest BCUT2D eigenvalue weighted by Gasteiger charge is 2.22. The molecule has 0 aromatic carbocycles. The normalized spacial score (nSPS) is 15.8. The predicted molar refractivity (Wildman–Crippen MR) is 51.6 cm³/mol. The highest BCUT2D eigenvalue weighted by Crippen LogP contribution is 2.29. The third-order valence-electron chi connectivity index (χ3n) is 2.28. The van der Waals surface area contributed by atoms with Crippen LogP contribution >= 0.6 is 0 Å². The third kappa shape index (κ3) is 2.11. The van der Waals surface area contributed by atoms with E-state index in [1.165, 1.54) is 12.8 Å². The zero-order valence-corrected chi connectivity index (χ0v) is 7.79. The van der Waals surface area contributed by atoms with Gasteiger partial charge in [-0.1, -0.05) is 0 Å². The molecule has 1 fully saturated rings. The van der Waals surface area contributed by atoms with Crippen LogP contribution in [-0.4, -0.2) is 11.6 Å². The Kier molecular flexibility index (Phi) is 2.08. The molecule has 13 heavy (non-hydrogen) atoms. The lowest BCUT2D eigenvalue weighted by Crippen LogP contribution is -2.01. The number of nitrogens with zero attached hydrogens (tertiary/aromatic N) is 1. The Morgan fingerprint density at radius 1 is 1.62 bits per heavy atom. The number of pyridine rings is 1. The lowest BCUT2D eigenvalue weighted by Gasteiger charge is -2.05. The summed E-state index contributed by atoms with van der Waals surface area (Å²) in [4.78, 5) is 4.14. The molecule has 1 aromatic heterocycles. The van der Waals surface area contributed by atoms with Gasteiger partial charge in [-0.2, -0.15) is 0 Å². The fourth-order valence-electron chi connectivity index (χ4n) is 1.09. The summed E-state index contributed by atoms with van der Waals surface area (Å²) in [5.41, 5.74) is 7.47. The van der Waals surface area contributed by atoms with E-state index in [-0.39, 0.29) is 0 Å². The van der Waals surface area contributed by atoms with Crippen LogP contribution in [0.1, 0.15) is 18.4 Å². The van der Waals surface area contributed by atoms with Gasteiger partial charge in [0.2, 0.25) is 5.88 Å². The first-order chi connectivity index (χ1) is 6.25. The first-order valence-electron chi connectivity index (χ1n) is 4.60. The van der Waals surface area contributed by atoms with Crippen LogP contribution in [0.5, 0.6) is 5.88 Å². The molecule has 1 saturated carbocycles. The maximum absolute atomic E-state index is 5.72. The van der Waals surface area contributed by atoms with E-state index in [9.17, 15) is 0 Å². The van der Waals surface area contributed by atoms with Crippen LogP contribution in [0.25, 0.3) is 0 Å². The summed E-state index contributed by atoms with van der Waals surface area (Å²) in [6.45, 7) is 2.72. The van der Waals surface area contributed by atoms with Crippen LogP contribution in [0.2, 0.25) is 0 Å². The molecule has 1 aromatic rings. The monoisotopic (exact) mass is 178 g/mol. The predicted octanol–water partition coefficient (Wildman–Crippen LogP) is 1.76. The molecule has 1 aliphatic carbocycles. The Labute approximate surface area is 77.9 Å². The van der Waals surface area contributed by atoms with Crippen LogP contribution in [0.3, 0.4) is 0 Å². The minimum atomic E-state index is 0.648. The fraction of sp³-hybridized carbons (Fsp3) is 0.500. The van der Waals surface area contributed by atoms with Crippen LogP contribution in [0.15, 0.2) is 12.3 Å². The number of nitrogen functional groups attached to an aromatic ring is 1. The SMILES string of the molecule is Cc1cnc(OCC2CC2)cc1N. The minimum absolute atomic E-state index is 0.648. The van der Waals surface area contributed by atoms with Gasteiger partial charge in [-0.3, -0.25) is 0 Å². The summed E-state index contributed by atoms with van der Waals surface area (Å²) in [6.07, 6.45) is 4.33. The number of rotatable bonds is 3. The first-order valence-corrected chi connectivity index (χ1v) is 4.60. The molecule has 2 N–H and O–H groups in total. The summed E-state index contributed by atoms with van der Waals surface area (Å²) in [5, 5.41) is 0. The van der Waals surface area contributed by atoms with Gasteiger partial charge in [0.25, 0.3) is 0 Å². The van der Waals surface area contributed by atoms with Crippen LogP contribution in [0, 0.1) is 12.8 Å². The highest BCUT2D eigenvalue weighted by atomic mass is 16.5. The Bertz CT molecular complexity index is 308. The number of anilines is 1. The maximum Gasteiger partial charge on any atom is 0.215 e.